The summed E-state index contributed by atoms with van der Waals surface area (Å²) in [6.07, 6.45) is 1.86. The standard InChI is InChI=1S/C18H19ClN2O3/c1-23-14-6-3-12(11-15(14)24-2)4-8-17(22)21-10-9-13-5-7-16(19)20-18(13)21/h3,5-7,11H,4,8-10H2,1-2H3. The molecule has 5 nitrogen and oxygen atoms in total. The number of methoxy groups -OCH3 is 2. The number of nitrogens with zero attached hydrogens (tertiary/aromatic N) is 2. The van der Waals surface area contributed by atoms with Crippen LogP contribution in [0.5, 0.6) is 11.5 Å². The molecular weight excluding hydrogens is 328 g/mol. The van der Waals surface area contributed by atoms with Crippen molar-refractivity contribution in [2.24, 2.45) is 0 Å². The Morgan fingerprint density at radius 2 is 2.00 bits per heavy atom. The van der Waals surface area contributed by atoms with Crippen LogP contribution in [0.2, 0.25) is 5.15 Å². The zero-order chi connectivity index (χ0) is 17.1. The number of halogens is 1. The Bertz CT molecular complexity index is 764. The van der Waals surface area contributed by atoms with Crippen LogP contribution in [-0.4, -0.2) is 31.7 Å². The third kappa shape index (κ3) is 3.31. The molecule has 0 saturated heterocycles. The van der Waals surface area contributed by atoms with E-state index < -0.39 is 0 Å². The summed E-state index contributed by atoms with van der Waals surface area (Å²) in [6.45, 7) is 0.660. The maximum absolute atomic E-state index is 12.6. The number of benzene rings is 1. The lowest BCUT2D eigenvalue weighted by Gasteiger charge is -2.16. The van der Waals surface area contributed by atoms with Crippen molar-refractivity contribution in [3.05, 3.63) is 46.6 Å². The Morgan fingerprint density at radius 3 is 2.75 bits per heavy atom. The molecule has 2 aromatic rings. The van der Waals surface area contributed by atoms with E-state index in [1.165, 1.54) is 0 Å². The molecule has 0 radical (unpaired) electrons. The lowest BCUT2D eigenvalue weighted by Crippen LogP contribution is -2.29. The molecule has 0 saturated carbocycles. The molecule has 0 unspecified atom stereocenters. The molecule has 1 aliphatic heterocycles. The van der Waals surface area contributed by atoms with Crippen LogP contribution in [0, 0.1) is 0 Å². The van der Waals surface area contributed by atoms with Gasteiger partial charge in [-0.15, -0.1) is 0 Å². The van der Waals surface area contributed by atoms with Gasteiger partial charge >= 0.3 is 0 Å². The predicted octanol–water partition coefficient (Wildman–Crippen LogP) is 3.27. The molecule has 24 heavy (non-hydrogen) atoms. The summed E-state index contributed by atoms with van der Waals surface area (Å²) < 4.78 is 10.5. The largest absolute Gasteiger partial charge is 0.493 e. The molecule has 0 aliphatic carbocycles. The van der Waals surface area contributed by atoms with E-state index in [4.69, 9.17) is 21.1 Å². The fourth-order valence-corrected chi connectivity index (χ4v) is 3.03. The van der Waals surface area contributed by atoms with Crippen molar-refractivity contribution in [2.45, 2.75) is 19.3 Å². The quantitative estimate of drug-likeness (QED) is 0.780. The Balaban J connectivity index is 1.68. The van der Waals surface area contributed by atoms with Gasteiger partial charge in [0.25, 0.3) is 0 Å². The van der Waals surface area contributed by atoms with E-state index in [2.05, 4.69) is 4.98 Å². The molecule has 6 heteroatoms. The molecule has 1 amide bonds. The average Bonchev–Trinajstić information content (AvgIpc) is 3.02. The van der Waals surface area contributed by atoms with Crippen molar-refractivity contribution >= 4 is 23.3 Å². The van der Waals surface area contributed by atoms with Gasteiger partial charge in [0.2, 0.25) is 5.91 Å². The normalized spacial score (nSPS) is 12.9. The zero-order valence-corrected chi connectivity index (χ0v) is 14.5. The highest BCUT2D eigenvalue weighted by molar-refractivity contribution is 6.29. The average molecular weight is 347 g/mol. The van der Waals surface area contributed by atoms with Crippen LogP contribution in [0.15, 0.2) is 30.3 Å². The number of hydrogen-bond donors (Lipinski definition) is 0. The number of anilines is 1. The van der Waals surface area contributed by atoms with Gasteiger partial charge in [0, 0.05) is 13.0 Å². The summed E-state index contributed by atoms with van der Waals surface area (Å²) in [7, 11) is 3.20. The molecule has 2 heterocycles. The Morgan fingerprint density at radius 1 is 1.21 bits per heavy atom. The van der Waals surface area contributed by atoms with E-state index >= 15 is 0 Å². The number of rotatable bonds is 5. The Hall–Kier alpha value is -2.27. The molecule has 0 spiro atoms. The van der Waals surface area contributed by atoms with E-state index in [1.54, 1.807) is 25.2 Å². The van der Waals surface area contributed by atoms with Gasteiger partial charge < -0.3 is 9.47 Å². The van der Waals surface area contributed by atoms with Crippen molar-refractivity contribution in [1.29, 1.82) is 0 Å². The number of amides is 1. The van der Waals surface area contributed by atoms with E-state index in [-0.39, 0.29) is 5.91 Å². The highest BCUT2D eigenvalue weighted by atomic mass is 35.5. The summed E-state index contributed by atoms with van der Waals surface area (Å²) in [4.78, 5) is 18.6. The Labute approximate surface area is 146 Å². The third-order valence-corrected chi connectivity index (χ3v) is 4.37. The number of ether oxygens (including phenoxy) is 2. The highest BCUT2D eigenvalue weighted by Crippen LogP contribution is 2.30. The lowest BCUT2D eigenvalue weighted by molar-refractivity contribution is -0.118. The smallest absolute Gasteiger partial charge is 0.228 e. The minimum Gasteiger partial charge on any atom is -0.493 e. The number of aromatic nitrogens is 1. The van der Waals surface area contributed by atoms with Gasteiger partial charge in [-0.05, 0) is 42.2 Å². The summed E-state index contributed by atoms with van der Waals surface area (Å²) in [6, 6.07) is 9.40. The van der Waals surface area contributed by atoms with Crippen LogP contribution < -0.4 is 14.4 Å². The van der Waals surface area contributed by atoms with Crippen molar-refractivity contribution in [2.75, 3.05) is 25.7 Å². The predicted molar refractivity (Wildman–Crippen MR) is 93.2 cm³/mol. The first-order chi connectivity index (χ1) is 11.6. The number of carbonyl (C=O) groups is 1. The fraction of sp³-hybridized carbons (Fsp3) is 0.333. The highest BCUT2D eigenvalue weighted by Gasteiger charge is 2.26. The van der Waals surface area contributed by atoms with E-state index in [0.29, 0.717) is 41.9 Å². The number of hydrogen-bond acceptors (Lipinski definition) is 4. The van der Waals surface area contributed by atoms with E-state index in [9.17, 15) is 4.79 Å². The molecular formula is C18H19ClN2O3. The maximum Gasteiger partial charge on any atom is 0.228 e. The van der Waals surface area contributed by atoms with Gasteiger partial charge in [-0.2, -0.15) is 0 Å². The van der Waals surface area contributed by atoms with E-state index in [1.807, 2.05) is 24.3 Å². The summed E-state index contributed by atoms with van der Waals surface area (Å²) in [5, 5.41) is 0.411. The maximum atomic E-state index is 12.6. The first-order valence-corrected chi connectivity index (χ1v) is 8.17. The van der Waals surface area contributed by atoms with Crippen LogP contribution in [0.1, 0.15) is 17.5 Å². The van der Waals surface area contributed by atoms with Crippen molar-refractivity contribution in [3.63, 3.8) is 0 Å². The van der Waals surface area contributed by atoms with Crippen molar-refractivity contribution in [3.8, 4) is 11.5 Å². The summed E-state index contributed by atoms with van der Waals surface area (Å²) >= 11 is 5.95. The minimum absolute atomic E-state index is 0.0540. The van der Waals surface area contributed by atoms with Crippen LogP contribution in [0.25, 0.3) is 0 Å². The first kappa shape index (κ1) is 16.6. The fourth-order valence-electron chi connectivity index (χ4n) is 2.89. The number of fused-ring (bicyclic) bond motifs is 1. The third-order valence-electron chi connectivity index (χ3n) is 4.16. The molecule has 0 fully saturated rings. The number of aryl methyl sites for hydroxylation is 1. The molecule has 1 aromatic carbocycles. The first-order valence-electron chi connectivity index (χ1n) is 7.79. The molecule has 0 atom stereocenters. The Kier molecular flexibility index (Phi) is 4.90. The van der Waals surface area contributed by atoms with Gasteiger partial charge in [0.1, 0.15) is 11.0 Å². The van der Waals surface area contributed by atoms with E-state index in [0.717, 1.165) is 17.5 Å². The SMILES string of the molecule is COc1ccc(CCC(=O)N2CCc3ccc(Cl)nc32)cc1OC. The molecule has 0 bridgehead atoms. The second-order valence-corrected chi connectivity index (χ2v) is 5.99. The summed E-state index contributed by atoms with van der Waals surface area (Å²) in [5.41, 5.74) is 2.10. The van der Waals surface area contributed by atoms with Crippen LogP contribution in [-0.2, 0) is 17.6 Å². The van der Waals surface area contributed by atoms with Crippen LogP contribution in [0.4, 0.5) is 5.82 Å². The van der Waals surface area contributed by atoms with Gasteiger partial charge in [-0.25, -0.2) is 4.98 Å². The molecule has 3 rings (SSSR count). The second-order valence-electron chi connectivity index (χ2n) is 5.60. The van der Waals surface area contributed by atoms with Crippen LogP contribution >= 0.6 is 11.6 Å². The van der Waals surface area contributed by atoms with Gasteiger partial charge in [-0.3, -0.25) is 9.69 Å². The van der Waals surface area contributed by atoms with Crippen molar-refractivity contribution < 1.29 is 14.3 Å². The monoisotopic (exact) mass is 346 g/mol. The topological polar surface area (TPSA) is 51.7 Å². The number of pyridine rings is 1. The summed E-state index contributed by atoms with van der Waals surface area (Å²) in [5.74, 6) is 2.10. The van der Waals surface area contributed by atoms with Gasteiger partial charge in [-0.1, -0.05) is 23.7 Å². The lowest BCUT2D eigenvalue weighted by atomic mass is 10.1. The van der Waals surface area contributed by atoms with Gasteiger partial charge in [0.05, 0.1) is 14.2 Å². The molecule has 1 aliphatic rings. The minimum atomic E-state index is 0.0540. The second kappa shape index (κ2) is 7.09. The molecule has 126 valence electrons. The zero-order valence-electron chi connectivity index (χ0n) is 13.7. The van der Waals surface area contributed by atoms with Gasteiger partial charge in [0.15, 0.2) is 11.5 Å². The molecule has 1 aromatic heterocycles. The number of carbonyl (C=O) groups excluding carboxylic acids is 1. The van der Waals surface area contributed by atoms with Crippen LogP contribution in [0.3, 0.4) is 0 Å². The molecule has 0 N–H and O–H groups in total. The van der Waals surface area contributed by atoms with Crippen molar-refractivity contribution in [1.82, 2.24) is 4.98 Å².